The van der Waals surface area contributed by atoms with E-state index in [0.717, 1.165) is 11.3 Å². The maximum atomic E-state index is 10.6. The first kappa shape index (κ1) is 11.0. The van der Waals surface area contributed by atoms with Gasteiger partial charge in [-0.25, -0.2) is 4.79 Å². The molecule has 0 amide bonds. The number of aliphatic hydroxyl groups excluding tert-OH is 2. The molecule has 1 unspecified atom stereocenters. The molecule has 6 heteroatoms. The van der Waals surface area contributed by atoms with Crippen molar-refractivity contribution in [2.75, 3.05) is 13.2 Å². The van der Waals surface area contributed by atoms with Crippen LogP contribution in [0.3, 0.4) is 0 Å². The number of rotatable bonds is 5. The number of carbonyl (C=O) groups is 1. The molecule has 0 aliphatic carbocycles. The van der Waals surface area contributed by atoms with E-state index in [1.807, 2.05) is 0 Å². The molecule has 1 heterocycles. The molecule has 0 aliphatic rings. The molecule has 0 bridgehead atoms. The quantitative estimate of drug-likeness (QED) is 0.656. The molecule has 0 saturated heterocycles. The molecular formula is C8H10O5S. The average Bonchev–Trinajstić information content (AvgIpc) is 2.62. The van der Waals surface area contributed by atoms with Crippen LogP contribution in [0.5, 0.6) is 5.75 Å². The van der Waals surface area contributed by atoms with Gasteiger partial charge in [0.25, 0.3) is 0 Å². The van der Waals surface area contributed by atoms with Crippen LogP contribution >= 0.6 is 11.3 Å². The van der Waals surface area contributed by atoms with Gasteiger partial charge in [-0.2, -0.15) is 0 Å². The summed E-state index contributed by atoms with van der Waals surface area (Å²) in [6.45, 7) is -0.528. The van der Waals surface area contributed by atoms with Crippen molar-refractivity contribution in [1.29, 1.82) is 0 Å². The minimum absolute atomic E-state index is 0.0927. The number of carboxylic acids is 1. The van der Waals surface area contributed by atoms with E-state index in [1.54, 1.807) is 5.38 Å². The van der Waals surface area contributed by atoms with Crippen molar-refractivity contribution in [2.24, 2.45) is 0 Å². The molecule has 0 spiro atoms. The summed E-state index contributed by atoms with van der Waals surface area (Å²) in [7, 11) is 0. The molecule has 1 atom stereocenters. The lowest BCUT2D eigenvalue weighted by atomic mass is 10.4. The minimum atomic E-state index is -1.06. The van der Waals surface area contributed by atoms with Crippen LogP contribution in [0.2, 0.25) is 0 Å². The third kappa shape index (κ3) is 2.69. The van der Waals surface area contributed by atoms with Gasteiger partial charge in [-0.15, -0.1) is 11.3 Å². The number of hydrogen-bond donors (Lipinski definition) is 3. The van der Waals surface area contributed by atoms with Gasteiger partial charge < -0.3 is 20.1 Å². The fourth-order valence-corrected chi connectivity index (χ4v) is 1.48. The maximum Gasteiger partial charge on any atom is 0.349 e. The van der Waals surface area contributed by atoms with E-state index in [4.69, 9.17) is 20.1 Å². The summed E-state index contributed by atoms with van der Waals surface area (Å²) in [6.07, 6.45) is -0.989. The Morgan fingerprint density at radius 1 is 1.64 bits per heavy atom. The fraction of sp³-hybridized carbons (Fsp3) is 0.375. The number of ether oxygens (including phenoxy) is 1. The van der Waals surface area contributed by atoms with Crippen molar-refractivity contribution < 1.29 is 24.9 Å². The van der Waals surface area contributed by atoms with E-state index in [1.165, 1.54) is 6.07 Å². The number of thiophene rings is 1. The molecule has 0 aromatic carbocycles. The van der Waals surface area contributed by atoms with Crippen molar-refractivity contribution in [3.63, 3.8) is 0 Å². The molecule has 1 aromatic rings. The highest BCUT2D eigenvalue weighted by Crippen LogP contribution is 2.24. The lowest BCUT2D eigenvalue weighted by Gasteiger charge is -2.08. The summed E-state index contributed by atoms with van der Waals surface area (Å²) in [5.74, 6) is -0.844. The summed E-state index contributed by atoms with van der Waals surface area (Å²) in [6, 6.07) is 1.51. The lowest BCUT2D eigenvalue weighted by Crippen LogP contribution is -2.21. The predicted molar refractivity (Wildman–Crippen MR) is 49.9 cm³/mol. The van der Waals surface area contributed by atoms with Crippen molar-refractivity contribution in [2.45, 2.75) is 6.10 Å². The second-order valence-electron chi connectivity index (χ2n) is 2.57. The number of aromatic carboxylic acids is 1. The van der Waals surface area contributed by atoms with E-state index in [9.17, 15) is 4.79 Å². The van der Waals surface area contributed by atoms with Gasteiger partial charge in [0.05, 0.1) is 6.61 Å². The molecule has 0 aliphatic heterocycles. The van der Waals surface area contributed by atoms with Crippen LogP contribution in [0.1, 0.15) is 9.67 Å². The largest absolute Gasteiger partial charge is 0.489 e. The second-order valence-corrected chi connectivity index (χ2v) is 3.48. The van der Waals surface area contributed by atoms with E-state index in [-0.39, 0.29) is 17.2 Å². The second kappa shape index (κ2) is 4.94. The topological polar surface area (TPSA) is 87.0 Å². The molecule has 1 rings (SSSR count). The molecule has 0 fully saturated rings. The van der Waals surface area contributed by atoms with E-state index < -0.39 is 18.7 Å². The Kier molecular flexibility index (Phi) is 3.87. The number of carboxylic acid groups (broad SMARTS) is 1. The molecule has 5 nitrogen and oxygen atoms in total. The van der Waals surface area contributed by atoms with Crippen LogP contribution in [0.25, 0.3) is 0 Å². The van der Waals surface area contributed by atoms with Crippen molar-refractivity contribution in [3.05, 3.63) is 16.3 Å². The smallest absolute Gasteiger partial charge is 0.349 e. The molecular weight excluding hydrogens is 208 g/mol. The highest BCUT2D eigenvalue weighted by atomic mass is 32.1. The Hall–Kier alpha value is -1.11. The predicted octanol–water partition coefficient (Wildman–Crippen LogP) is 0.178. The Morgan fingerprint density at radius 2 is 2.36 bits per heavy atom. The van der Waals surface area contributed by atoms with Crippen LogP contribution in [0.15, 0.2) is 11.4 Å². The van der Waals surface area contributed by atoms with Crippen LogP contribution in [0.4, 0.5) is 0 Å². The summed E-state index contributed by atoms with van der Waals surface area (Å²) < 4.78 is 5.01. The van der Waals surface area contributed by atoms with Gasteiger partial charge in [0.2, 0.25) is 0 Å². The molecule has 0 radical (unpaired) electrons. The zero-order chi connectivity index (χ0) is 10.6. The Morgan fingerprint density at radius 3 is 2.93 bits per heavy atom. The molecule has 1 aromatic heterocycles. The first-order valence-electron chi connectivity index (χ1n) is 3.87. The average molecular weight is 218 g/mol. The highest BCUT2D eigenvalue weighted by Gasteiger charge is 2.13. The molecule has 78 valence electrons. The third-order valence-corrected chi connectivity index (χ3v) is 2.35. The van der Waals surface area contributed by atoms with Crippen LogP contribution in [-0.2, 0) is 0 Å². The van der Waals surface area contributed by atoms with Crippen LogP contribution in [0, 0.1) is 0 Å². The Bertz CT molecular complexity index is 308. The van der Waals surface area contributed by atoms with Crippen LogP contribution < -0.4 is 4.74 Å². The first-order valence-corrected chi connectivity index (χ1v) is 4.75. The summed E-state index contributed by atoms with van der Waals surface area (Å²) in [5.41, 5.74) is 0. The normalized spacial score (nSPS) is 12.4. The van der Waals surface area contributed by atoms with Crippen molar-refractivity contribution >= 4 is 17.3 Å². The molecule has 0 saturated carbocycles. The van der Waals surface area contributed by atoms with E-state index in [2.05, 4.69) is 0 Å². The van der Waals surface area contributed by atoms with Crippen molar-refractivity contribution in [3.8, 4) is 5.75 Å². The fourth-order valence-electron chi connectivity index (χ4n) is 0.806. The van der Waals surface area contributed by atoms with E-state index in [0.29, 0.717) is 0 Å². The van der Waals surface area contributed by atoms with Gasteiger partial charge in [0.1, 0.15) is 18.5 Å². The molecule has 14 heavy (non-hydrogen) atoms. The Labute approximate surface area is 84.2 Å². The van der Waals surface area contributed by atoms with E-state index >= 15 is 0 Å². The third-order valence-electron chi connectivity index (χ3n) is 1.47. The van der Waals surface area contributed by atoms with Gasteiger partial charge in [-0.05, 0) is 11.4 Å². The van der Waals surface area contributed by atoms with Crippen molar-refractivity contribution in [1.82, 2.24) is 0 Å². The summed E-state index contributed by atoms with van der Waals surface area (Å²) in [5, 5.41) is 27.7. The Balaban J connectivity index is 2.58. The van der Waals surface area contributed by atoms with Crippen LogP contribution in [-0.4, -0.2) is 40.6 Å². The zero-order valence-electron chi connectivity index (χ0n) is 7.21. The minimum Gasteiger partial charge on any atom is -0.489 e. The monoisotopic (exact) mass is 218 g/mol. The van der Waals surface area contributed by atoms with Gasteiger partial charge in [-0.3, -0.25) is 0 Å². The lowest BCUT2D eigenvalue weighted by molar-refractivity contribution is 0.0522. The van der Waals surface area contributed by atoms with Gasteiger partial charge in [0, 0.05) is 0 Å². The standard InChI is InChI=1S/C8H10O5S/c9-3-5(10)4-13-6-1-2-14-7(6)8(11)12/h1-2,5,9-10H,3-4H2,(H,11,12). The molecule has 3 N–H and O–H groups in total. The number of hydrogen-bond acceptors (Lipinski definition) is 5. The van der Waals surface area contributed by atoms with Gasteiger partial charge >= 0.3 is 5.97 Å². The first-order chi connectivity index (χ1) is 6.65. The summed E-state index contributed by atoms with van der Waals surface area (Å²) >= 11 is 1.05. The maximum absolute atomic E-state index is 10.6. The summed E-state index contributed by atoms with van der Waals surface area (Å²) in [4.78, 5) is 10.7. The SMILES string of the molecule is O=C(O)c1sccc1OCC(O)CO. The van der Waals surface area contributed by atoms with Gasteiger partial charge in [-0.1, -0.05) is 0 Å². The number of aliphatic hydroxyl groups is 2. The highest BCUT2D eigenvalue weighted by molar-refractivity contribution is 7.12. The zero-order valence-corrected chi connectivity index (χ0v) is 8.03. The van der Waals surface area contributed by atoms with Gasteiger partial charge in [0.15, 0.2) is 4.88 Å².